The molecule has 0 aliphatic heterocycles. The zero-order valence-electron chi connectivity index (χ0n) is 16.5. The number of carbonyl (C=O) groups excluding carboxylic acids is 1. The molecule has 0 radical (unpaired) electrons. The molecule has 0 aromatic heterocycles. The molecule has 144 valence electrons. The molecule has 0 heterocycles. The molecular weight excluding hydrogens is 336 g/mol. The van der Waals surface area contributed by atoms with Gasteiger partial charge in [0.25, 0.3) is 0 Å². The highest BCUT2D eigenvalue weighted by molar-refractivity contribution is 5.74. The van der Waals surface area contributed by atoms with Crippen LogP contribution in [-0.4, -0.2) is 18.2 Å². The quantitative estimate of drug-likeness (QED) is 0.756. The Bertz CT molecular complexity index is 761. The van der Waals surface area contributed by atoms with Gasteiger partial charge in [-0.1, -0.05) is 54.6 Å². The van der Waals surface area contributed by atoms with Crippen LogP contribution >= 0.6 is 0 Å². The van der Waals surface area contributed by atoms with Crippen LogP contribution in [0.3, 0.4) is 0 Å². The lowest BCUT2D eigenvalue weighted by Gasteiger charge is -2.20. The monoisotopic (exact) mass is 366 g/mol. The van der Waals surface area contributed by atoms with Gasteiger partial charge in [-0.2, -0.15) is 0 Å². The van der Waals surface area contributed by atoms with E-state index in [-0.39, 0.29) is 17.0 Å². The Morgan fingerprint density at radius 3 is 2.37 bits per heavy atom. The summed E-state index contributed by atoms with van der Waals surface area (Å²) in [4.78, 5) is 12.2. The van der Waals surface area contributed by atoms with E-state index < -0.39 is 0 Å². The number of urea groups is 1. The van der Waals surface area contributed by atoms with E-state index in [2.05, 4.69) is 41.0 Å². The zero-order chi connectivity index (χ0) is 19.3. The Labute approximate surface area is 162 Å². The molecule has 4 heteroatoms. The maximum Gasteiger partial charge on any atom is 0.315 e. The van der Waals surface area contributed by atoms with E-state index in [1.165, 1.54) is 5.56 Å². The van der Waals surface area contributed by atoms with E-state index in [9.17, 15) is 4.79 Å². The molecule has 3 rings (SSSR count). The van der Waals surface area contributed by atoms with Crippen molar-refractivity contribution in [2.45, 2.75) is 57.8 Å². The number of hydrogen-bond acceptors (Lipinski definition) is 2. The predicted molar refractivity (Wildman–Crippen MR) is 109 cm³/mol. The Kier molecular flexibility index (Phi) is 5.85. The third-order valence-electron chi connectivity index (χ3n) is 4.94. The molecule has 1 saturated carbocycles. The van der Waals surface area contributed by atoms with E-state index >= 15 is 0 Å². The molecule has 1 aliphatic rings. The van der Waals surface area contributed by atoms with Crippen molar-refractivity contribution in [2.75, 3.05) is 6.54 Å². The van der Waals surface area contributed by atoms with E-state index in [1.54, 1.807) is 0 Å². The van der Waals surface area contributed by atoms with Crippen LogP contribution in [0.25, 0.3) is 0 Å². The zero-order valence-corrected chi connectivity index (χ0v) is 16.5. The third kappa shape index (κ3) is 5.83. The Balaban J connectivity index is 1.46. The molecule has 2 amide bonds. The van der Waals surface area contributed by atoms with Crippen molar-refractivity contribution in [3.05, 3.63) is 71.3 Å². The summed E-state index contributed by atoms with van der Waals surface area (Å²) in [6.45, 7) is 7.90. The molecule has 2 aromatic carbocycles. The molecule has 1 fully saturated rings. The van der Waals surface area contributed by atoms with Crippen molar-refractivity contribution in [1.29, 1.82) is 0 Å². The molecule has 0 unspecified atom stereocenters. The summed E-state index contributed by atoms with van der Waals surface area (Å²) in [6.07, 6.45) is 2.26. The van der Waals surface area contributed by atoms with E-state index in [4.69, 9.17) is 4.74 Å². The minimum atomic E-state index is -0.161. The van der Waals surface area contributed by atoms with Gasteiger partial charge in [-0.3, -0.25) is 0 Å². The van der Waals surface area contributed by atoms with Gasteiger partial charge in [0.2, 0.25) is 0 Å². The summed E-state index contributed by atoms with van der Waals surface area (Å²) in [5, 5.41) is 6.00. The molecular formula is C23H30N2O2. The number of rotatable bonds is 7. The average Bonchev–Trinajstić information content (AvgIpc) is 3.45. The van der Waals surface area contributed by atoms with Crippen molar-refractivity contribution in [3.63, 3.8) is 0 Å². The topological polar surface area (TPSA) is 50.4 Å². The first-order chi connectivity index (χ1) is 12.9. The van der Waals surface area contributed by atoms with Crippen molar-refractivity contribution < 1.29 is 9.53 Å². The van der Waals surface area contributed by atoms with Crippen molar-refractivity contribution in [1.82, 2.24) is 10.6 Å². The van der Waals surface area contributed by atoms with Crippen LogP contribution in [0.4, 0.5) is 4.79 Å². The lowest BCUT2D eigenvalue weighted by Crippen LogP contribution is -2.39. The van der Waals surface area contributed by atoms with Crippen molar-refractivity contribution in [3.8, 4) is 0 Å². The molecule has 2 aromatic rings. The highest BCUT2D eigenvalue weighted by atomic mass is 16.5. The molecule has 27 heavy (non-hydrogen) atoms. The van der Waals surface area contributed by atoms with Gasteiger partial charge in [0.1, 0.15) is 0 Å². The first-order valence-electron chi connectivity index (χ1n) is 9.65. The summed E-state index contributed by atoms with van der Waals surface area (Å²) in [5.41, 5.74) is 3.47. The fraction of sp³-hybridized carbons (Fsp3) is 0.435. The molecule has 1 aliphatic carbocycles. The number of benzene rings is 2. The van der Waals surface area contributed by atoms with Crippen molar-refractivity contribution in [2.24, 2.45) is 0 Å². The first kappa shape index (κ1) is 19.4. The van der Waals surface area contributed by atoms with Gasteiger partial charge in [-0.05, 0) is 50.3 Å². The Hall–Kier alpha value is -2.33. The number of ether oxygens (including phenoxy) is 1. The van der Waals surface area contributed by atoms with Crippen LogP contribution in [0.2, 0.25) is 0 Å². The van der Waals surface area contributed by atoms with Crippen LogP contribution in [0, 0.1) is 0 Å². The largest absolute Gasteiger partial charge is 0.371 e. The smallest absolute Gasteiger partial charge is 0.315 e. The molecule has 0 spiro atoms. The van der Waals surface area contributed by atoms with Gasteiger partial charge in [-0.25, -0.2) is 4.79 Å². The van der Waals surface area contributed by atoms with Gasteiger partial charge in [0, 0.05) is 18.5 Å². The van der Waals surface area contributed by atoms with Crippen LogP contribution in [-0.2, 0) is 23.3 Å². The second kappa shape index (κ2) is 8.13. The lowest BCUT2D eigenvalue weighted by atomic mass is 9.96. The molecule has 0 saturated heterocycles. The number of hydrogen-bond donors (Lipinski definition) is 2. The van der Waals surface area contributed by atoms with Gasteiger partial charge in [0.15, 0.2) is 0 Å². The first-order valence-corrected chi connectivity index (χ1v) is 9.65. The number of amides is 2. The summed E-state index contributed by atoms with van der Waals surface area (Å²) >= 11 is 0. The average molecular weight is 367 g/mol. The fourth-order valence-electron chi connectivity index (χ4n) is 3.13. The van der Waals surface area contributed by atoms with E-state index in [0.717, 1.165) is 24.0 Å². The standard InChI is InChI=1S/C23H30N2O2/c1-22(2,3)27-16-19-9-7-8-18(14-19)15-24-21(26)25-17-23(12-13-23)20-10-5-4-6-11-20/h4-11,14H,12-13,15-17H2,1-3H3,(H2,24,25,26). The number of carbonyl (C=O) groups is 1. The molecule has 4 nitrogen and oxygen atoms in total. The van der Waals surface area contributed by atoms with Crippen LogP contribution in [0.1, 0.15) is 50.3 Å². The number of nitrogens with one attached hydrogen (secondary N) is 2. The molecule has 0 bridgehead atoms. The minimum absolute atomic E-state index is 0.117. The lowest BCUT2D eigenvalue weighted by molar-refractivity contribution is -0.0149. The Morgan fingerprint density at radius 1 is 1.00 bits per heavy atom. The van der Waals surface area contributed by atoms with Crippen LogP contribution in [0.15, 0.2) is 54.6 Å². The summed E-state index contributed by atoms with van der Waals surface area (Å²) in [6, 6.07) is 18.5. The second-order valence-corrected chi connectivity index (χ2v) is 8.40. The van der Waals surface area contributed by atoms with Gasteiger partial charge >= 0.3 is 6.03 Å². The molecule has 0 atom stereocenters. The maximum absolute atomic E-state index is 12.2. The van der Waals surface area contributed by atoms with Gasteiger partial charge in [-0.15, -0.1) is 0 Å². The predicted octanol–water partition coefficient (Wildman–Crippen LogP) is 4.53. The highest BCUT2D eigenvalue weighted by Crippen LogP contribution is 2.47. The van der Waals surface area contributed by atoms with Crippen molar-refractivity contribution >= 4 is 6.03 Å². The summed E-state index contributed by atoms with van der Waals surface area (Å²) in [5.74, 6) is 0. The second-order valence-electron chi connectivity index (χ2n) is 8.40. The normalized spacial score (nSPS) is 15.2. The summed E-state index contributed by atoms with van der Waals surface area (Å²) in [7, 11) is 0. The van der Waals surface area contributed by atoms with Crippen LogP contribution < -0.4 is 10.6 Å². The van der Waals surface area contributed by atoms with Gasteiger partial charge in [0.05, 0.1) is 12.2 Å². The third-order valence-corrected chi connectivity index (χ3v) is 4.94. The van der Waals surface area contributed by atoms with E-state index in [1.807, 2.05) is 45.0 Å². The van der Waals surface area contributed by atoms with Gasteiger partial charge < -0.3 is 15.4 Å². The maximum atomic E-state index is 12.2. The summed E-state index contributed by atoms with van der Waals surface area (Å²) < 4.78 is 5.82. The SMILES string of the molecule is CC(C)(C)OCc1cccc(CNC(=O)NCC2(c3ccccc3)CC2)c1. The Morgan fingerprint density at radius 2 is 1.70 bits per heavy atom. The fourth-order valence-corrected chi connectivity index (χ4v) is 3.13. The van der Waals surface area contributed by atoms with Crippen LogP contribution in [0.5, 0.6) is 0 Å². The van der Waals surface area contributed by atoms with E-state index in [0.29, 0.717) is 19.7 Å². The molecule has 2 N–H and O–H groups in total. The highest BCUT2D eigenvalue weighted by Gasteiger charge is 2.44. The minimum Gasteiger partial charge on any atom is -0.371 e.